The fourth-order valence-electron chi connectivity index (χ4n) is 1.48. The maximum Gasteiger partial charge on any atom is 0.509 e. The highest BCUT2D eigenvalue weighted by atomic mass is 19.4. The number of hydrogen-bond acceptors (Lipinski definition) is 1. The highest BCUT2D eigenvalue weighted by Crippen LogP contribution is 2.42. The first-order chi connectivity index (χ1) is 6.42. The molecule has 0 bridgehead atoms. The van der Waals surface area contributed by atoms with Gasteiger partial charge in [-0.15, -0.1) is 5.46 Å². The third-order valence-electron chi connectivity index (χ3n) is 2.63. The van der Waals surface area contributed by atoms with E-state index >= 15 is 0 Å². The summed E-state index contributed by atoms with van der Waals surface area (Å²) in [5.41, 5.74) is 5.38. The van der Waals surface area contributed by atoms with Crippen molar-refractivity contribution in [1.82, 2.24) is 0 Å². The third kappa shape index (κ3) is 1.64. The fourth-order valence-corrected chi connectivity index (χ4v) is 1.48. The molecule has 1 aliphatic carbocycles. The van der Waals surface area contributed by atoms with Crippen molar-refractivity contribution in [2.75, 3.05) is 0 Å². The summed E-state index contributed by atoms with van der Waals surface area (Å²) in [5.74, 6) is 0. The number of rotatable bonds is 2. The minimum absolute atomic E-state index is 0.489. The Hall–Kier alpha value is -0.965. The summed E-state index contributed by atoms with van der Waals surface area (Å²) in [7, 11) is 0. The van der Waals surface area contributed by atoms with E-state index in [2.05, 4.69) is 0 Å². The van der Waals surface area contributed by atoms with Gasteiger partial charge in [0.05, 0.1) is 0 Å². The predicted molar refractivity (Wildman–Crippen MR) is 50.3 cm³/mol. The second kappa shape index (κ2) is 2.76. The van der Waals surface area contributed by atoms with Gasteiger partial charge in [-0.3, -0.25) is 0 Å². The van der Waals surface area contributed by atoms with E-state index in [1.807, 2.05) is 0 Å². The third-order valence-corrected chi connectivity index (χ3v) is 2.63. The molecule has 14 heavy (non-hydrogen) atoms. The molecule has 2 N–H and O–H groups in total. The van der Waals surface area contributed by atoms with Crippen LogP contribution in [0.2, 0.25) is 0 Å². The molecule has 1 aromatic carbocycles. The molecule has 0 aliphatic heterocycles. The van der Waals surface area contributed by atoms with Gasteiger partial charge in [0.15, 0.2) is 0 Å². The largest absolute Gasteiger partial charge is 0.509 e. The minimum Gasteiger partial charge on any atom is -0.445 e. The van der Waals surface area contributed by atoms with E-state index in [0.717, 1.165) is 18.9 Å². The Balaban J connectivity index is 2.37. The molecule has 5 heteroatoms. The molecule has 1 fully saturated rings. The first kappa shape index (κ1) is 9.58. The van der Waals surface area contributed by atoms with Crippen molar-refractivity contribution in [3.05, 3.63) is 29.8 Å². The molecule has 0 aromatic heterocycles. The van der Waals surface area contributed by atoms with Crippen LogP contribution in [0.15, 0.2) is 24.3 Å². The molecule has 0 unspecified atom stereocenters. The van der Waals surface area contributed by atoms with E-state index in [4.69, 9.17) is 5.73 Å². The monoisotopic (exact) mass is 200 g/mol. The van der Waals surface area contributed by atoms with E-state index in [-0.39, 0.29) is 0 Å². The Morgan fingerprint density at radius 3 is 2.36 bits per heavy atom. The van der Waals surface area contributed by atoms with Crippen molar-refractivity contribution in [2.45, 2.75) is 18.4 Å². The van der Waals surface area contributed by atoms with Crippen LogP contribution in [0.4, 0.5) is 12.9 Å². The number of nitrogens with two attached hydrogens (primary N) is 1. The maximum atomic E-state index is 12.4. The van der Waals surface area contributed by atoms with Crippen LogP contribution in [-0.4, -0.2) is 6.98 Å². The standard InChI is InChI=1S/C9H10BF3N/c11-10(12,13)8-3-1-2-7(6-8)9(14)4-5-9/h1-3,6H,4-5,14H2/q-1. The van der Waals surface area contributed by atoms with Crippen molar-refractivity contribution >= 4 is 12.4 Å². The van der Waals surface area contributed by atoms with Gasteiger partial charge in [-0.2, -0.15) is 0 Å². The molecule has 1 aromatic rings. The van der Waals surface area contributed by atoms with Gasteiger partial charge < -0.3 is 18.7 Å². The van der Waals surface area contributed by atoms with Crippen LogP contribution < -0.4 is 11.2 Å². The molecule has 0 radical (unpaired) electrons. The van der Waals surface area contributed by atoms with E-state index < -0.39 is 18.0 Å². The summed E-state index contributed by atoms with van der Waals surface area (Å²) in [4.78, 5) is 0. The highest BCUT2D eigenvalue weighted by Gasteiger charge is 2.40. The van der Waals surface area contributed by atoms with Crippen molar-refractivity contribution in [3.8, 4) is 0 Å². The topological polar surface area (TPSA) is 26.0 Å². The SMILES string of the molecule is NC1(c2cccc([B-](F)(F)F)c2)CC1. The smallest absolute Gasteiger partial charge is 0.445 e. The molecule has 0 amide bonds. The van der Waals surface area contributed by atoms with Gasteiger partial charge in [0.2, 0.25) is 0 Å². The van der Waals surface area contributed by atoms with Crippen molar-refractivity contribution in [1.29, 1.82) is 0 Å². The van der Waals surface area contributed by atoms with E-state index in [1.54, 1.807) is 6.07 Å². The van der Waals surface area contributed by atoms with E-state index in [0.29, 0.717) is 5.56 Å². The first-order valence-electron chi connectivity index (χ1n) is 4.51. The summed E-state index contributed by atoms with van der Waals surface area (Å²) < 4.78 is 37.2. The summed E-state index contributed by atoms with van der Waals surface area (Å²) in [5, 5.41) is 0. The number of benzene rings is 1. The van der Waals surface area contributed by atoms with Gasteiger partial charge in [0.1, 0.15) is 0 Å². The lowest BCUT2D eigenvalue weighted by Gasteiger charge is -2.17. The molecule has 2 rings (SSSR count). The Morgan fingerprint density at radius 2 is 1.86 bits per heavy atom. The Kier molecular flexibility index (Phi) is 1.89. The molecule has 0 spiro atoms. The number of halogens is 3. The van der Waals surface area contributed by atoms with E-state index in [1.165, 1.54) is 12.1 Å². The average Bonchev–Trinajstić information content (AvgIpc) is 2.84. The van der Waals surface area contributed by atoms with Gasteiger partial charge in [-0.05, 0) is 18.4 Å². The molecule has 0 heterocycles. The minimum atomic E-state index is -4.90. The zero-order valence-corrected chi connectivity index (χ0v) is 7.51. The Labute approximate surface area is 80.2 Å². The molecular formula is C9H10BF3N-. The molecule has 0 saturated heterocycles. The van der Waals surface area contributed by atoms with Gasteiger partial charge >= 0.3 is 6.98 Å². The van der Waals surface area contributed by atoms with Crippen LogP contribution in [0.25, 0.3) is 0 Å². The maximum absolute atomic E-state index is 12.4. The summed E-state index contributed by atoms with van der Waals surface area (Å²) in [6.45, 7) is -4.90. The quantitative estimate of drug-likeness (QED) is 0.722. The lowest BCUT2D eigenvalue weighted by atomic mass is 9.79. The molecule has 1 nitrogen and oxygen atoms in total. The Bertz CT molecular complexity index is 337. The predicted octanol–water partition coefficient (Wildman–Crippen LogP) is 1.69. The molecular weight excluding hydrogens is 190 g/mol. The zero-order chi connectivity index (χ0) is 10.4. The fraction of sp³-hybridized carbons (Fsp3) is 0.333. The summed E-state index contributed by atoms with van der Waals surface area (Å²) in [6, 6.07) is 5.35. The van der Waals surface area contributed by atoms with Crippen LogP contribution in [-0.2, 0) is 5.54 Å². The Morgan fingerprint density at radius 1 is 1.21 bits per heavy atom. The lowest BCUT2D eigenvalue weighted by Crippen LogP contribution is -2.35. The van der Waals surface area contributed by atoms with Crippen LogP contribution in [0.5, 0.6) is 0 Å². The normalized spacial score (nSPS) is 19.4. The van der Waals surface area contributed by atoms with Gasteiger partial charge in [0.25, 0.3) is 0 Å². The number of hydrogen-bond donors (Lipinski definition) is 1. The van der Waals surface area contributed by atoms with Crippen molar-refractivity contribution < 1.29 is 12.9 Å². The molecule has 76 valence electrons. The average molecular weight is 200 g/mol. The molecule has 1 saturated carbocycles. The zero-order valence-electron chi connectivity index (χ0n) is 7.51. The summed E-state index contributed by atoms with van der Waals surface area (Å²) in [6.07, 6.45) is 1.56. The van der Waals surface area contributed by atoms with Gasteiger partial charge in [-0.25, -0.2) is 0 Å². The molecule has 1 aliphatic rings. The van der Waals surface area contributed by atoms with Crippen LogP contribution in [0.3, 0.4) is 0 Å². The van der Waals surface area contributed by atoms with Crippen molar-refractivity contribution in [3.63, 3.8) is 0 Å². The van der Waals surface area contributed by atoms with E-state index in [9.17, 15) is 12.9 Å². The van der Waals surface area contributed by atoms with Crippen LogP contribution >= 0.6 is 0 Å². The second-order valence-corrected chi connectivity index (χ2v) is 3.86. The van der Waals surface area contributed by atoms with Gasteiger partial charge in [0, 0.05) is 5.54 Å². The van der Waals surface area contributed by atoms with Crippen LogP contribution in [0.1, 0.15) is 18.4 Å². The summed E-state index contributed by atoms with van der Waals surface area (Å²) >= 11 is 0. The first-order valence-corrected chi connectivity index (χ1v) is 4.51. The highest BCUT2D eigenvalue weighted by molar-refractivity contribution is 6.73. The van der Waals surface area contributed by atoms with Crippen LogP contribution in [0, 0.1) is 0 Å². The lowest BCUT2D eigenvalue weighted by molar-refractivity contribution is 0.501. The van der Waals surface area contributed by atoms with Crippen molar-refractivity contribution in [2.24, 2.45) is 5.73 Å². The molecule has 0 atom stereocenters. The second-order valence-electron chi connectivity index (χ2n) is 3.86. The van der Waals surface area contributed by atoms with Gasteiger partial charge in [-0.1, -0.05) is 24.3 Å².